The van der Waals surface area contributed by atoms with Gasteiger partial charge in [-0.3, -0.25) is 9.78 Å². The molecule has 1 heterocycles. The number of nitrogens with zero attached hydrogens (tertiary/aromatic N) is 1. The van der Waals surface area contributed by atoms with E-state index >= 15 is 0 Å². The highest BCUT2D eigenvalue weighted by Crippen LogP contribution is 2.23. The SMILES string of the molecule is Cc1ccc(C(=O)c2cccc3cccnc23)cc1Br. The number of pyridine rings is 1. The van der Waals surface area contributed by atoms with E-state index in [1.165, 1.54) is 0 Å². The van der Waals surface area contributed by atoms with Crippen LogP contribution in [0.15, 0.2) is 59.2 Å². The molecule has 0 N–H and O–H groups in total. The molecule has 0 unspecified atom stereocenters. The predicted molar refractivity (Wildman–Crippen MR) is 84.1 cm³/mol. The number of aryl methyl sites for hydroxylation is 1. The molecule has 20 heavy (non-hydrogen) atoms. The zero-order chi connectivity index (χ0) is 14.1. The van der Waals surface area contributed by atoms with Gasteiger partial charge >= 0.3 is 0 Å². The van der Waals surface area contributed by atoms with Gasteiger partial charge in [-0.2, -0.15) is 0 Å². The number of carbonyl (C=O) groups excluding carboxylic acids is 1. The van der Waals surface area contributed by atoms with Crippen LogP contribution in [0.4, 0.5) is 0 Å². The molecule has 2 nitrogen and oxygen atoms in total. The van der Waals surface area contributed by atoms with E-state index in [2.05, 4.69) is 20.9 Å². The van der Waals surface area contributed by atoms with Crippen LogP contribution in [0, 0.1) is 6.92 Å². The summed E-state index contributed by atoms with van der Waals surface area (Å²) < 4.78 is 0.941. The van der Waals surface area contributed by atoms with Gasteiger partial charge < -0.3 is 0 Å². The molecule has 0 atom stereocenters. The first-order valence-corrected chi connectivity index (χ1v) is 7.11. The first kappa shape index (κ1) is 13.0. The number of fused-ring (bicyclic) bond motifs is 1. The molecular formula is C17H12BrNO. The summed E-state index contributed by atoms with van der Waals surface area (Å²) >= 11 is 3.47. The van der Waals surface area contributed by atoms with Crippen molar-refractivity contribution >= 4 is 32.6 Å². The molecule has 0 fully saturated rings. The Morgan fingerprint density at radius 3 is 2.70 bits per heavy atom. The number of ketones is 1. The first-order chi connectivity index (χ1) is 9.66. The van der Waals surface area contributed by atoms with Crippen molar-refractivity contribution < 1.29 is 4.79 Å². The van der Waals surface area contributed by atoms with Gasteiger partial charge in [0.1, 0.15) is 0 Å². The van der Waals surface area contributed by atoms with E-state index in [0.717, 1.165) is 20.9 Å². The third-order valence-corrected chi connectivity index (χ3v) is 4.17. The van der Waals surface area contributed by atoms with Crippen molar-refractivity contribution in [2.75, 3.05) is 0 Å². The standard InChI is InChI=1S/C17H12BrNO/c1-11-7-8-13(10-15(11)18)17(20)14-6-2-4-12-5-3-9-19-16(12)14/h2-10H,1H3. The van der Waals surface area contributed by atoms with Crippen LogP contribution in [0.5, 0.6) is 0 Å². The number of rotatable bonds is 2. The number of carbonyl (C=O) groups is 1. The molecule has 0 aliphatic heterocycles. The van der Waals surface area contributed by atoms with Crippen LogP contribution in [0.3, 0.4) is 0 Å². The maximum Gasteiger partial charge on any atom is 0.195 e. The third kappa shape index (κ3) is 2.25. The highest BCUT2D eigenvalue weighted by atomic mass is 79.9. The Labute approximate surface area is 125 Å². The van der Waals surface area contributed by atoms with Crippen LogP contribution in [0.2, 0.25) is 0 Å². The average Bonchev–Trinajstić information content (AvgIpc) is 2.49. The van der Waals surface area contributed by atoms with Crippen molar-refractivity contribution in [1.82, 2.24) is 4.98 Å². The van der Waals surface area contributed by atoms with E-state index in [1.54, 1.807) is 6.20 Å². The molecule has 0 saturated carbocycles. The maximum atomic E-state index is 12.7. The Kier molecular flexibility index (Phi) is 3.36. The largest absolute Gasteiger partial charge is 0.289 e. The number of benzene rings is 2. The molecule has 0 bridgehead atoms. The zero-order valence-electron chi connectivity index (χ0n) is 10.9. The second-order valence-corrected chi connectivity index (χ2v) is 5.53. The molecule has 0 saturated heterocycles. The lowest BCUT2D eigenvalue weighted by atomic mass is 10.00. The normalized spacial score (nSPS) is 10.7. The van der Waals surface area contributed by atoms with Gasteiger partial charge in [-0.15, -0.1) is 0 Å². The third-order valence-electron chi connectivity index (χ3n) is 3.31. The van der Waals surface area contributed by atoms with Crippen LogP contribution in [0.1, 0.15) is 21.5 Å². The monoisotopic (exact) mass is 325 g/mol. The quantitative estimate of drug-likeness (QED) is 0.647. The molecule has 0 aliphatic rings. The summed E-state index contributed by atoms with van der Waals surface area (Å²) in [4.78, 5) is 17.0. The van der Waals surface area contributed by atoms with Crippen LogP contribution < -0.4 is 0 Å². The fourth-order valence-corrected chi connectivity index (χ4v) is 2.56. The Morgan fingerprint density at radius 2 is 1.90 bits per heavy atom. The first-order valence-electron chi connectivity index (χ1n) is 6.31. The smallest absolute Gasteiger partial charge is 0.195 e. The minimum absolute atomic E-state index is 0.00463. The molecule has 0 spiro atoms. The summed E-state index contributed by atoms with van der Waals surface area (Å²) in [5.41, 5.74) is 3.16. The van der Waals surface area contributed by atoms with Crippen LogP contribution in [-0.4, -0.2) is 10.8 Å². The molecule has 2 aromatic carbocycles. The van der Waals surface area contributed by atoms with Gasteiger partial charge in [-0.1, -0.05) is 46.3 Å². The molecule has 0 aliphatic carbocycles. The van der Waals surface area contributed by atoms with Crippen molar-refractivity contribution in [3.8, 4) is 0 Å². The highest BCUT2D eigenvalue weighted by Gasteiger charge is 2.13. The van der Waals surface area contributed by atoms with Gasteiger partial charge in [0.15, 0.2) is 5.78 Å². The lowest BCUT2D eigenvalue weighted by Gasteiger charge is -2.06. The average molecular weight is 326 g/mol. The van der Waals surface area contributed by atoms with Crippen molar-refractivity contribution in [3.05, 3.63) is 75.9 Å². The van der Waals surface area contributed by atoms with Crippen LogP contribution >= 0.6 is 15.9 Å². The summed E-state index contributed by atoms with van der Waals surface area (Å²) in [5, 5.41) is 0.976. The molecule has 0 radical (unpaired) electrons. The van der Waals surface area contributed by atoms with Crippen molar-refractivity contribution in [3.63, 3.8) is 0 Å². The number of para-hydroxylation sites is 1. The molecule has 1 aromatic heterocycles. The van der Waals surface area contributed by atoms with Crippen LogP contribution in [0.25, 0.3) is 10.9 Å². The van der Waals surface area contributed by atoms with Crippen molar-refractivity contribution in [2.45, 2.75) is 6.92 Å². The van der Waals surface area contributed by atoms with E-state index in [9.17, 15) is 4.79 Å². The Hall–Kier alpha value is -2.00. The Balaban J connectivity index is 2.15. The summed E-state index contributed by atoms with van der Waals surface area (Å²) in [6, 6.07) is 15.2. The topological polar surface area (TPSA) is 30.0 Å². The fraction of sp³-hybridized carbons (Fsp3) is 0.0588. The van der Waals surface area contributed by atoms with Gasteiger partial charge in [0.05, 0.1) is 5.52 Å². The van der Waals surface area contributed by atoms with E-state index in [-0.39, 0.29) is 5.78 Å². The Morgan fingerprint density at radius 1 is 1.10 bits per heavy atom. The summed E-state index contributed by atoms with van der Waals surface area (Å²) in [6.07, 6.45) is 1.71. The predicted octanol–water partition coefficient (Wildman–Crippen LogP) is 4.54. The molecule has 0 amide bonds. The number of aromatic nitrogens is 1. The minimum atomic E-state index is -0.00463. The van der Waals surface area contributed by atoms with Crippen molar-refractivity contribution in [2.24, 2.45) is 0 Å². The summed E-state index contributed by atoms with van der Waals surface area (Å²) in [7, 11) is 0. The Bertz CT molecular complexity index is 806. The van der Waals surface area contributed by atoms with E-state index in [1.807, 2.05) is 55.5 Å². The number of hydrogen-bond donors (Lipinski definition) is 0. The highest BCUT2D eigenvalue weighted by molar-refractivity contribution is 9.10. The second kappa shape index (κ2) is 5.17. The van der Waals surface area contributed by atoms with E-state index in [0.29, 0.717) is 11.1 Å². The van der Waals surface area contributed by atoms with Gasteiger partial charge in [-0.25, -0.2) is 0 Å². The maximum absolute atomic E-state index is 12.7. The number of halogens is 1. The van der Waals surface area contributed by atoms with Crippen molar-refractivity contribution in [1.29, 1.82) is 0 Å². The molecule has 3 rings (SSSR count). The lowest BCUT2D eigenvalue weighted by Crippen LogP contribution is -2.03. The summed E-state index contributed by atoms with van der Waals surface area (Å²) in [5.74, 6) is -0.00463. The van der Waals surface area contributed by atoms with Gasteiger partial charge in [0.2, 0.25) is 0 Å². The fourth-order valence-electron chi connectivity index (χ4n) is 2.18. The zero-order valence-corrected chi connectivity index (χ0v) is 12.5. The van der Waals surface area contributed by atoms with Gasteiger partial charge in [0.25, 0.3) is 0 Å². The second-order valence-electron chi connectivity index (χ2n) is 4.67. The van der Waals surface area contributed by atoms with Gasteiger partial charge in [-0.05, 0) is 30.7 Å². The lowest BCUT2D eigenvalue weighted by molar-refractivity contribution is 0.104. The van der Waals surface area contributed by atoms with Crippen LogP contribution in [-0.2, 0) is 0 Å². The molecule has 98 valence electrons. The molecule has 3 aromatic rings. The van der Waals surface area contributed by atoms with E-state index in [4.69, 9.17) is 0 Å². The minimum Gasteiger partial charge on any atom is -0.289 e. The van der Waals surface area contributed by atoms with Gasteiger partial charge in [0, 0.05) is 27.2 Å². The van der Waals surface area contributed by atoms with E-state index < -0.39 is 0 Å². The molecular weight excluding hydrogens is 314 g/mol. The molecule has 3 heteroatoms. The summed E-state index contributed by atoms with van der Waals surface area (Å²) in [6.45, 7) is 2.00. The number of hydrogen-bond acceptors (Lipinski definition) is 2.